The van der Waals surface area contributed by atoms with E-state index in [-0.39, 0.29) is 12.4 Å². The summed E-state index contributed by atoms with van der Waals surface area (Å²) < 4.78 is 15.4. The molecular weight excluding hydrogens is 269 g/mol. The second-order valence-corrected chi connectivity index (χ2v) is 4.96. The number of nitrogens with two attached hydrogens (primary N) is 1. The lowest BCUT2D eigenvalue weighted by atomic mass is 10.1. The van der Waals surface area contributed by atoms with Gasteiger partial charge >= 0.3 is 0 Å². The first kappa shape index (κ1) is 13.7. The molecule has 0 amide bonds. The summed E-state index contributed by atoms with van der Waals surface area (Å²) >= 11 is 0. The number of nitrogens with zero attached hydrogens (tertiary/aromatic N) is 4. The topological polar surface area (TPSA) is 60.0 Å². The number of hydrogen-bond acceptors (Lipinski definition) is 4. The van der Waals surface area contributed by atoms with Crippen molar-refractivity contribution in [2.45, 2.75) is 19.6 Å². The van der Waals surface area contributed by atoms with Crippen LogP contribution in [0.2, 0.25) is 0 Å². The minimum absolute atomic E-state index is 0.267. The van der Waals surface area contributed by atoms with Gasteiger partial charge in [0.25, 0.3) is 0 Å². The van der Waals surface area contributed by atoms with Crippen LogP contribution in [-0.4, -0.2) is 32.8 Å². The molecule has 108 valence electrons. The molecule has 1 aliphatic rings. The molecule has 0 fully saturated rings. The fourth-order valence-electron chi connectivity index (χ4n) is 2.44. The van der Waals surface area contributed by atoms with Crippen LogP contribution < -0.4 is 5.73 Å². The van der Waals surface area contributed by atoms with E-state index in [1.54, 1.807) is 12.4 Å². The van der Waals surface area contributed by atoms with E-state index in [2.05, 4.69) is 31.5 Å². The second-order valence-electron chi connectivity index (χ2n) is 4.96. The van der Waals surface area contributed by atoms with Crippen molar-refractivity contribution in [1.29, 1.82) is 0 Å². The Kier molecular flexibility index (Phi) is 3.95. The van der Waals surface area contributed by atoms with Crippen LogP contribution in [0.25, 0.3) is 0 Å². The third-order valence-electron chi connectivity index (χ3n) is 3.51. The minimum Gasteiger partial charge on any atom is -0.320 e. The van der Waals surface area contributed by atoms with E-state index in [4.69, 9.17) is 5.73 Å². The average Bonchev–Trinajstić information content (AvgIpc) is 2.95. The lowest BCUT2D eigenvalue weighted by molar-refractivity contribution is 0.208. The predicted octanol–water partition coefficient (Wildman–Crippen LogP) is 0.743. The molecule has 1 aromatic carbocycles. The highest BCUT2D eigenvalue weighted by Gasteiger charge is 2.18. The van der Waals surface area contributed by atoms with Gasteiger partial charge in [-0.1, -0.05) is 17.9 Å². The molecule has 1 aliphatic heterocycles. The molecule has 0 atom stereocenters. The molecule has 0 unspecified atom stereocenters. The maximum atomic E-state index is 13.4. The Hall–Kier alpha value is -2.23. The summed E-state index contributed by atoms with van der Waals surface area (Å²) in [4.78, 5) is 2.25. The molecular formula is C15H16FN5. The van der Waals surface area contributed by atoms with Crippen molar-refractivity contribution in [1.82, 2.24) is 19.7 Å². The zero-order chi connectivity index (χ0) is 14.7. The number of hydrogen-bond donors (Lipinski definition) is 1. The number of halogens is 1. The Morgan fingerprint density at radius 1 is 1.33 bits per heavy atom. The first-order valence-electron chi connectivity index (χ1n) is 6.82. The summed E-state index contributed by atoms with van der Waals surface area (Å²) in [5.41, 5.74) is 7.10. The lowest BCUT2D eigenvalue weighted by Crippen LogP contribution is -2.33. The molecule has 3 rings (SSSR count). The van der Waals surface area contributed by atoms with Crippen LogP contribution in [0, 0.1) is 17.7 Å². The molecule has 0 aliphatic carbocycles. The number of aromatic nitrogens is 3. The normalized spacial score (nSPS) is 14.4. The molecule has 2 aromatic rings. The van der Waals surface area contributed by atoms with Crippen molar-refractivity contribution in [2.24, 2.45) is 5.73 Å². The Bertz CT molecular complexity index is 698. The molecule has 0 bridgehead atoms. The molecule has 0 saturated heterocycles. The first-order valence-corrected chi connectivity index (χ1v) is 6.82. The maximum absolute atomic E-state index is 13.4. The molecule has 5 nitrogen and oxygen atoms in total. The highest BCUT2D eigenvalue weighted by atomic mass is 19.1. The summed E-state index contributed by atoms with van der Waals surface area (Å²) in [6, 6.07) is 4.72. The van der Waals surface area contributed by atoms with Gasteiger partial charge in [-0.3, -0.25) is 4.90 Å². The Balaban J connectivity index is 1.79. The van der Waals surface area contributed by atoms with Crippen LogP contribution >= 0.6 is 0 Å². The minimum atomic E-state index is -0.279. The molecule has 6 heteroatoms. The monoisotopic (exact) mass is 285 g/mol. The van der Waals surface area contributed by atoms with E-state index < -0.39 is 0 Å². The van der Waals surface area contributed by atoms with Gasteiger partial charge in [-0.25, -0.2) is 4.39 Å². The van der Waals surface area contributed by atoms with Crippen LogP contribution in [0.4, 0.5) is 4.39 Å². The summed E-state index contributed by atoms with van der Waals surface area (Å²) in [7, 11) is 0. The molecule has 1 aromatic heterocycles. The zero-order valence-corrected chi connectivity index (χ0v) is 11.6. The quantitative estimate of drug-likeness (QED) is 0.827. The van der Waals surface area contributed by atoms with Crippen molar-refractivity contribution in [2.75, 3.05) is 13.1 Å². The van der Waals surface area contributed by atoms with Gasteiger partial charge in [0.2, 0.25) is 0 Å². The van der Waals surface area contributed by atoms with Crippen LogP contribution in [-0.2, 0) is 19.6 Å². The smallest absolute Gasteiger partial charge is 0.147 e. The third-order valence-corrected chi connectivity index (χ3v) is 3.51. The molecule has 0 radical (unpaired) electrons. The van der Waals surface area contributed by atoms with E-state index in [9.17, 15) is 4.39 Å². The van der Waals surface area contributed by atoms with E-state index in [1.807, 2.05) is 0 Å². The highest BCUT2D eigenvalue weighted by Crippen LogP contribution is 2.17. The van der Waals surface area contributed by atoms with Gasteiger partial charge < -0.3 is 10.3 Å². The fraction of sp³-hybridized carbons (Fsp3) is 0.333. The van der Waals surface area contributed by atoms with E-state index >= 15 is 0 Å². The predicted molar refractivity (Wildman–Crippen MR) is 76.5 cm³/mol. The fourth-order valence-corrected chi connectivity index (χ4v) is 2.44. The van der Waals surface area contributed by atoms with Crippen LogP contribution in [0.5, 0.6) is 0 Å². The van der Waals surface area contributed by atoms with Crippen LogP contribution in [0.3, 0.4) is 0 Å². The van der Waals surface area contributed by atoms with Gasteiger partial charge in [0.15, 0.2) is 0 Å². The van der Waals surface area contributed by atoms with Crippen LogP contribution in [0.15, 0.2) is 24.5 Å². The van der Waals surface area contributed by atoms with Crippen LogP contribution in [0.1, 0.15) is 17.0 Å². The molecule has 0 saturated carbocycles. The van der Waals surface area contributed by atoms with Crippen molar-refractivity contribution in [3.05, 3.63) is 47.3 Å². The molecule has 0 spiro atoms. The van der Waals surface area contributed by atoms with Crippen molar-refractivity contribution < 1.29 is 4.39 Å². The van der Waals surface area contributed by atoms with Crippen molar-refractivity contribution in [3.63, 3.8) is 0 Å². The van der Waals surface area contributed by atoms with Crippen molar-refractivity contribution >= 4 is 0 Å². The largest absolute Gasteiger partial charge is 0.320 e. The average molecular weight is 285 g/mol. The van der Waals surface area contributed by atoms with Gasteiger partial charge in [-0.2, -0.15) is 0 Å². The first-order chi connectivity index (χ1) is 10.3. The zero-order valence-electron chi connectivity index (χ0n) is 11.6. The van der Waals surface area contributed by atoms with Gasteiger partial charge in [-0.15, -0.1) is 10.2 Å². The molecule has 2 heterocycles. The Labute approximate surface area is 122 Å². The number of fused-ring (bicyclic) bond motifs is 1. The number of rotatable bonds is 2. The maximum Gasteiger partial charge on any atom is 0.147 e. The summed E-state index contributed by atoms with van der Waals surface area (Å²) in [5.74, 6) is 6.41. The summed E-state index contributed by atoms with van der Waals surface area (Å²) in [6.07, 6.45) is 1.75. The van der Waals surface area contributed by atoms with Gasteiger partial charge in [-0.05, 0) is 17.7 Å². The van der Waals surface area contributed by atoms with Gasteiger partial charge in [0.1, 0.15) is 18.0 Å². The summed E-state index contributed by atoms with van der Waals surface area (Å²) in [5, 5.41) is 8.02. The third kappa shape index (κ3) is 3.10. The van der Waals surface area contributed by atoms with Gasteiger partial charge in [0.05, 0.1) is 13.1 Å². The molecule has 2 N–H and O–H groups in total. The Morgan fingerprint density at radius 2 is 2.24 bits per heavy atom. The SMILES string of the molecule is NCC#Cc1cc(F)ccc1CN1CCn2cnnc2C1. The highest BCUT2D eigenvalue weighted by molar-refractivity contribution is 5.42. The Morgan fingerprint density at radius 3 is 3.10 bits per heavy atom. The van der Waals surface area contributed by atoms with E-state index in [0.717, 1.165) is 31.0 Å². The number of benzene rings is 1. The molecule has 21 heavy (non-hydrogen) atoms. The lowest BCUT2D eigenvalue weighted by Gasteiger charge is -2.27. The van der Waals surface area contributed by atoms with E-state index in [0.29, 0.717) is 12.1 Å². The van der Waals surface area contributed by atoms with Gasteiger partial charge in [0, 0.05) is 25.2 Å². The summed E-state index contributed by atoms with van der Waals surface area (Å²) in [6.45, 7) is 3.49. The second kappa shape index (κ2) is 6.04. The van der Waals surface area contributed by atoms with E-state index in [1.165, 1.54) is 12.1 Å². The van der Waals surface area contributed by atoms with Crippen molar-refractivity contribution in [3.8, 4) is 11.8 Å². The standard InChI is InChI=1S/C15H16FN5/c16-14-4-3-13(12(8-14)2-1-5-17)9-20-6-7-21-11-18-19-15(21)10-20/h3-4,8,11H,5-7,9-10,17H2.